The minimum atomic E-state index is 0.271. The van der Waals surface area contributed by atoms with Crippen LogP contribution in [-0.4, -0.2) is 40.0 Å². The fourth-order valence-electron chi connectivity index (χ4n) is 3.23. The maximum absolute atomic E-state index is 6.08. The lowest BCUT2D eigenvalue weighted by Crippen LogP contribution is -2.27. The van der Waals surface area contributed by atoms with E-state index in [2.05, 4.69) is 38.9 Å². The molecule has 25 heavy (non-hydrogen) atoms. The van der Waals surface area contributed by atoms with E-state index in [1.165, 1.54) is 19.3 Å². The first-order valence-corrected chi connectivity index (χ1v) is 9.00. The van der Waals surface area contributed by atoms with Crippen molar-refractivity contribution in [2.75, 3.05) is 24.7 Å². The van der Waals surface area contributed by atoms with Crippen molar-refractivity contribution in [3.8, 4) is 0 Å². The number of rotatable bonds is 7. The van der Waals surface area contributed by atoms with E-state index in [0.29, 0.717) is 30.3 Å². The highest BCUT2D eigenvalue weighted by Crippen LogP contribution is 2.47. The van der Waals surface area contributed by atoms with Gasteiger partial charge in [-0.2, -0.15) is 15.0 Å². The van der Waals surface area contributed by atoms with E-state index < -0.39 is 0 Å². The average molecular weight is 342 g/mol. The minimum Gasteiger partial charge on any atom is -0.464 e. The fourth-order valence-corrected chi connectivity index (χ4v) is 3.23. The molecule has 2 aliphatic carbocycles. The lowest BCUT2D eigenvalue weighted by molar-refractivity contribution is 0.217. The van der Waals surface area contributed by atoms with Crippen LogP contribution in [0, 0.1) is 5.92 Å². The highest BCUT2D eigenvalue weighted by molar-refractivity contribution is 5.32. The molecule has 2 aromatic rings. The summed E-state index contributed by atoms with van der Waals surface area (Å²) in [5.74, 6) is 5.12. The molecule has 0 saturated heterocycles. The molecule has 2 fully saturated rings. The quantitative estimate of drug-likeness (QED) is 0.827. The Morgan fingerprint density at radius 1 is 1.16 bits per heavy atom. The zero-order valence-electron chi connectivity index (χ0n) is 15.1. The number of hydrogen-bond acceptors (Lipinski definition) is 7. The van der Waals surface area contributed by atoms with Crippen molar-refractivity contribution in [1.29, 1.82) is 0 Å². The van der Waals surface area contributed by atoms with E-state index in [9.17, 15) is 0 Å². The standard InChI is InChI=1S/C18H26N6O/c1-11-8-14(11)15-7-6-13(25-15)9-24(12-4-5-12)10-16-20-17(19)22-18(21-16)23(2)3/h6-7,11-12,14H,4-5,8-10H2,1-3H3,(H2,19,20,21,22). The first kappa shape index (κ1) is 16.3. The number of hydrogen-bond donors (Lipinski definition) is 1. The van der Waals surface area contributed by atoms with Crippen LogP contribution in [-0.2, 0) is 13.1 Å². The van der Waals surface area contributed by atoms with E-state index in [1.807, 2.05) is 19.0 Å². The van der Waals surface area contributed by atoms with Gasteiger partial charge in [0.2, 0.25) is 11.9 Å². The lowest BCUT2D eigenvalue weighted by atomic mass is 10.3. The van der Waals surface area contributed by atoms with Crippen molar-refractivity contribution in [3.63, 3.8) is 0 Å². The van der Waals surface area contributed by atoms with Crippen molar-refractivity contribution in [3.05, 3.63) is 29.5 Å². The van der Waals surface area contributed by atoms with Gasteiger partial charge < -0.3 is 15.1 Å². The number of anilines is 2. The summed E-state index contributed by atoms with van der Waals surface area (Å²) in [7, 11) is 3.81. The average Bonchev–Trinajstić information content (AvgIpc) is 3.47. The second kappa shape index (κ2) is 6.29. The predicted molar refractivity (Wildman–Crippen MR) is 96.1 cm³/mol. The van der Waals surface area contributed by atoms with Gasteiger partial charge >= 0.3 is 0 Å². The Bertz CT molecular complexity index is 754. The van der Waals surface area contributed by atoms with Gasteiger partial charge in [-0.15, -0.1) is 0 Å². The molecule has 2 aliphatic rings. The molecule has 7 nitrogen and oxygen atoms in total. The van der Waals surface area contributed by atoms with Gasteiger partial charge in [-0.1, -0.05) is 6.92 Å². The molecular weight excluding hydrogens is 316 g/mol. The van der Waals surface area contributed by atoms with Gasteiger partial charge in [-0.05, 0) is 37.3 Å². The van der Waals surface area contributed by atoms with E-state index in [1.54, 1.807) is 0 Å². The summed E-state index contributed by atoms with van der Waals surface area (Å²) in [6, 6.07) is 4.83. The summed E-state index contributed by atoms with van der Waals surface area (Å²) in [6.45, 7) is 3.72. The molecule has 7 heteroatoms. The monoisotopic (exact) mass is 342 g/mol. The summed E-state index contributed by atoms with van der Waals surface area (Å²) in [5.41, 5.74) is 5.85. The molecule has 2 saturated carbocycles. The molecule has 0 spiro atoms. The SMILES string of the molecule is CC1CC1c1ccc(CN(Cc2nc(N)nc(N(C)C)n2)C2CC2)o1. The van der Waals surface area contributed by atoms with Gasteiger partial charge in [-0.25, -0.2) is 0 Å². The normalized spacial score (nSPS) is 22.4. The highest BCUT2D eigenvalue weighted by atomic mass is 16.3. The Hall–Kier alpha value is -2.15. The lowest BCUT2D eigenvalue weighted by Gasteiger charge is -2.20. The summed E-state index contributed by atoms with van der Waals surface area (Å²) in [5, 5.41) is 0. The molecule has 0 amide bonds. The molecule has 2 unspecified atom stereocenters. The molecule has 2 atom stereocenters. The largest absolute Gasteiger partial charge is 0.464 e. The van der Waals surface area contributed by atoms with Gasteiger partial charge in [-0.3, -0.25) is 4.90 Å². The molecule has 4 rings (SSSR count). The smallest absolute Gasteiger partial charge is 0.229 e. The van der Waals surface area contributed by atoms with Crippen LogP contribution in [0.1, 0.15) is 49.4 Å². The van der Waals surface area contributed by atoms with Crippen LogP contribution in [0.2, 0.25) is 0 Å². The second-order valence-electron chi connectivity index (χ2n) is 7.56. The Balaban J connectivity index is 1.47. The summed E-state index contributed by atoms with van der Waals surface area (Å²) in [6.07, 6.45) is 3.68. The zero-order valence-corrected chi connectivity index (χ0v) is 15.1. The third kappa shape index (κ3) is 3.76. The maximum Gasteiger partial charge on any atom is 0.229 e. The van der Waals surface area contributed by atoms with Crippen molar-refractivity contribution >= 4 is 11.9 Å². The fraction of sp³-hybridized carbons (Fsp3) is 0.611. The van der Waals surface area contributed by atoms with E-state index in [0.717, 1.165) is 24.0 Å². The summed E-state index contributed by atoms with van der Waals surface area (Å²) < 4.78 is 6.08. The number of nitrogens with zero attached hydrogens (tertiary/aromatic N) is 5. The van der Waals surface area contributed by atoms with Crippen molar-refractivity contribution < 1.29 is 4.42 Å². The van der Waals surface area contributed by atoms with Gasteiger partial charge in [0.05, 0.1) is 13.1 Å². The van der Waals surface area contributed by atoms with E-state index >= 15 is 0 Å². The van der Waals surface area contributed by atoms with Crippen LogP contribution in [0.15, 0.2) is 16.5 Å². The maximum atomic E-state index is 6.08. The molecule has 2 heterocycles. The van der Waals surface area contributed by atoms with Gasteiger partial charge in [0, 0.05) is 26.1 Å². The highest BCUT2D eigenvalue weighted by Gasteiger charge is 2.37. The predicted octanol–water partition coefficient (Wildman–Crippen LogP) is 2.40. The van der Waals surface area contributed by atoms with Crippen molar-refractivity contribution in [2.45, 2.75) is 51.2 Å². The van der Waals surface area contributed by atoms with Crippen LogP contribution in [0.5, 0.6) is 0 Å². The first-order valence-electron chi connectivity index (χ1n) is 9.00. The van der Waals surface area contributed by atoms with E-state index in [-0.39, 0.29) is 5.95 Å². The summed E-state index contributed by atoms with van der Waals surface area (Å²) in [4.78, 5) is 17.2. The first-order chi connectivity index (χ1) is 12.0. The summed E-state index contributed by atoms with van der Waals surface area (Å²) >= 11 is 0. The number of furan rings is 1. The van der Waals surface area contributed by atoms with Crippen molar-refractivity contribution in [2.24, 2.45) is 5.92 Å². The van der Waals surface area contributed by atoms with Gasteiger partial charge in [0.1, 0.15) is 17.3 Å². The molecule has 0 aliphatic heterocycles. The molecule has 0 bridgehead atoms. The van der Waals surface area contributed by atoms with Crippen LogP contribution < -0.4 is 10.6 Å². The van der Waals surface area contributed by atoms with Crippen molar-refractivity contribution in [1.82, 2.24) is 19.9 Å². The van der Waals surface area contributed by atoms with Crippen LogP contribution in [0.25, 0.3) is 0 Å². The molecule has 2 N–H and O–H groups in total. The van der Waals surface area contributed by atoms with Crippen LogP contribution in [0.4, 0.5) is 11.9 Å². The van der Waals surface area contributed by atoms with Crippen LogP contribution in [0.3, 0.4) is 0 Å². The Kier molecular flexibility index (Phi) is 4.11. The molecule has 0 aromatic carbocycles. The third-order valence-electron chi connectivity index (χ3n) is 5.01. The molecular formula is C18H26N6O. The Morgan fingerprint density at radius 3 is 2.56 bits per heavy atom. The molecule has 134 valence electrons. The third-order valence-corrected chi connectivity index (χ3v) is 5.01. The molecule has 2 aromatic heterocycles. The van der Waals surface area contributed by atoms with Gasteiger partial charge in [0.15, 0.2) is 0 Å². The molecule has 0 radical (unpaired) electrons. The Labute approximate surface area is 148 Å². The minimum absolute atomic E-state index is 0.271. The van der Waals surface area contributed by atoms with Gasteiger partial charge in [0.25, 0.3) is 0 Å². The number of nitrogen functional groups attached to an aromatic ring is 1. The number of aromatic nitrogens is 3. The second-order valence-corrected chi connectivity index (χ2v) is 7.56. The number of nitrogens with two attached hydrogens (primary N) is 1. The zero-order chi connectivity index (χ0) is 17.6. The topological polar surface area (TPSA) is 84.3 Å². The Morgan fingerprint density at radius 2 is 1.92 bits per heavy atom. The van der Waals surface area contributed by atoms with Crippen LogP contribution >= 0.6 is 0 Å². The van der Waals surface area contributed by atoms with E-state index in [4.69, 9.17) is 10.2 Å².